The third kappa shape index (κ3) is 11.0. The van der Waals surface area contributed by atoms with Crippen LogP contribution in [-0.2, 0) is 16.6 Å². The minimum Gasteiger partial charge on any atom is -0.455 e. The number of terminal acetylenes is 1. The van der Waals surface area contributed by atoms with Crippen molar-refractivity contribution in [2.24, 2.45) is 11.3 Å². The second kappa shape index (κ2) is 20.9. The summed E-state index contributed by atoms with van der Waals surface area (Å²) in [7, 11) is -4.59. The largest absolute Gasteiger partial charge is 0.455 e. The molecule has 2 saturated carbocycles. The van der Waals surface area contributed by atoms with E-state index in [-0.39, 0.29) is 34.4 Å². The first kappa shape index (κ1) is 50.7. The lowest BCUT2D eigenvalue weighted by Crippen LogP contribution is -2.60. The van der Waals surface area contributed by atoms with Gasteiger partial charge in [0.05, 0.1) is 27.2 Å². The van der Waals surface area contributed by atoms with E-state index in [0.717, 1.165) is 100 Å². The number of piperazine rings is 1. The van der Waals surface area contributed by atoms with Crippen molar-refractivity contribution in [3.05, 3.63) is 147 Å². The van der Waals surface area contributed by atoms with E-state index in [9.17, 15) is 28.4 Å². The van der Waals surface area contributed by atoms with Gasteiger partial charge in [-0.25, -0.2) is 18.1 Å². The molecule has 6 aromatic rings. The van der Waals surface area contributed by atoms with Crippen molar-refractivity contribution in [1.82, 2.24) is 24.5 Å². The number of ether oxygens (including phenoxy) is 1. The zero-order chi connectivity index (χ0) is 51.8. The quantitative estimate of drug-likeness (QED) is 0.0434. The summed E-state index contributed by atoms with van der Waals surface area (Å²) in [5.41, 5.74) is 5.73. The van der Waals surface area contributed by atoms with Crippen molar-refractivity contribution in [3.8, 4) is 23.8 Å². The Bertz CT molecular complexity index is 3180. The number of nitro groups is 1. The molecule has 4 N–H and O–H groups in total. The third-order valence-corrected chi connectivity index (χ3v) is 17.6. The summed E-state index contributed by atoms with van der Waals surface area (Å²) >= 11 is 0. The number of hydrogen-bond donors (Lipinski definition) is 4. The first-order valence-electron chi connectivity index (χ1n) is 26.0. The van der Waals surface area contributed by atoms with Crippen LogP contribution >= 0.6 is 0 Å². The molecule has 1 amide bonds. The van der Waals surface area contributed by atoms with Crippen molar-refractivity contribution in [3.63, 3.8) is 0 Å². The molecule has 1 atom stereocenters. The summed E-state index contributed by atoms with van der Waals surface area (Å²) in [6.07, 6.45) is 16.0. The number of nitro benzene ring substituents is 1. The Morgan fingerprint density at radius 3 is 2.46 bits per heavy atom. The number of nitrogens with one attached hydrogen (secondary N) is 3. The van der Waals surface area contributed by atoms with Crippen molar-refractivity contribution in [2.45, 2.75) is 107 Å². The standard InChI is InChI=1S/C58H66N8O7S/c1-5-40-10-12-42(13-11-40)37-63-28-29-65(53(38-63)49-9-7-6-8-48(49)39(2)3)45-33-58(34-45)23-26-64(27-24-58)44-14-16-50(54(31-44)73-46-30-43-20-25-59-55(43)61-36-46)56(67)62-74(71,72)47-15-17-51(52(32-47)66(69)70)60-35-41-18-21-57(4,68)22-19-41/h1,6-17,20,25,30-32,36,39,41,45,53,60,68H,18-19,21-24,26-29,33-35,37-38H2,2-4H3,(H,59,61)(H,62,67)/t41-,53?,57-. The summed E-state index contributed by atoms with van der Waals surface area (Å²) in [4.78, 5) is 40.5. The van der Waals surface area contributed by atoms with Crippen LogP contribution in [0.5, 0.6) is 11.5 Å². The van der Waals surface area contributed by atoms with Crippen LogP contribution in [0.15, 0.2) is 114 Å². The number of hydrogen-bond acceptors (Lipinski definition) is 12. The number of piperidine rings is 1. The molecule has 4 fully saturated rings. The number of benzene rings is 4. The molecular weight excluding hydrogens is 953 g/mol. The van der Waals surface area contributed by atoms with E-state index in [1.165, 1.54) is 28.8 Å². The van der Waals surface area contributed by atoms with Gasteiger partial charge in [-0.3, -0.25) is 24.7 Å². The summed E-state index contributed by atoms with van der Waals surface area (Å²) < 4.78 is 36.3. The Hall–Kier alpha value is -6.77. The normalized spacial score (nSPS) is 21.5. The molecule has 2 saturated heterocycles. The van der Waals surface area contributed by atoms with Gasteiger partial charge >= 0.3 is 0 Å². The number of aromatic nitrogens is 2. The molecule has 4 aliphatic rings. The summed E-state index contributed by atoms with van der Waals surface area (Å²) in [5, 5.41) is 26.5. The number of rotatable bonds is 15. The van der Waals surface area contributed by atoms with E-state index in [4.69, 9.17) is 11.2 Å². The number of carbonyl (C=O) groups is 1. The number of fused-ring (bicyclic) bond motifs is 1. The Labute approximate surface area is 433 Å². The van der Waals surface area contributed by atoms with Crippen molar-refractivity contribution < 1.29 is 28.0 Å². The molecule has 1 spiro atoms. The highest BCUT2D eigenvalue weighted by molar-refractivity contribution is 7.90. The molecule has 16 heteroatoms. The molecule has 1 unspecified atom stereocenters. The average Bonchev–Trinajstić information content (AvgIpc) is 3.86. The van der Waals surface area contributed by atoms with Crippen LogP contribution in [0, 0.1) is 33.8 Å². The highest BCUT2D eigenvalue weighted by Crippen LogP contribution is 2.53. The predicted molar refractivity (Wildman–Crippen MR) is 288 cm³/mol. The number of carbonyl (C=O) groups excluding carboxylic acids is 1. The summed E-state index contributed by atoms with van der Waals surface area (Å²) in [6.45, 7) is 12.3. The molecule has 2 aromatic heterocycles. The van der Waals surface area contributed by atoms with Gasteiger partial charge in [0.1, 0.15) is 22.8 Å². The summed E-state index contributed by atoms with van der Waals surface area (Å²) in [5.74, 6) is 2.89. The van der Waals surface area contributed by atoms with Crippen molar-refractivity contribution >= 4 is 44.0 Å². The van der Waals surface area contributed by atoms with Gasteiger partial charge in [0.2, 0.25) is 0 Å². The molecule has 386 valence electrons. The predicted octanol–water partition coefficient (Wildman–Crippen LogP) is 10.1. The maximum atomic E-state index is 14.1. The number of sulfonamides is 1. The Balaban J connectivity index is 0.831. The first-order chi connectivity index (χ1) is 35.5. The molecule has 4 heterocycles. The number of nitrogens with zero attached hydrogens (tertiary/aromatic N) is 5. The fourth-order valence-corrected chi connectivity index (χ4v) is 12.9. The molecule has 0 bridgehead atoms. The molecule has 0 radical (unpaired) electrons. The van der Waals surface area contributed by atoms with Crippen LogP contribution in [-0.4, -0.2) is 95.0 Å². The van der Waals surface area contributed by atoms with E-state index < -0.39 is 37.0 Å². The monoisotopic (exact) mass is 1020 g/mol. The number of H-pyrrole nitrogens is 1. The number of amides is 1. The van der Waals surface area contributed by atoms with E-state index in [0.29, 0.717) is 42.7 Å². The second-order valence-electron chi connectivity index (χ2n) is 21.7. The molecule has 74 heavy (non-hydrogen) atoms. The molecule has 4 aromatic carbocycles. The maximum Gasteiger partial charge on any atom is 0.293 e. The van der Waals surface area contributed by atoms with Gasteiger partial charge in [-0.1, -0.05) is 56.2 Å². The van der Waals surface area contributed by atoms with Crippen LogP contribution < -0.4 is 19.7 Å². The fraction of sp³-hybridized carbons (Fsp3) is 0.414. The minimum atomic E-state index is -4.59. The fourth-order valence-electron chi connectivity index (χ4n) is 11.9. The van der Waals surface area contributed by atoms with Crippen LogP contribution in [0.4, 0.5) is 17.1 Å². The van der Waals surface area contributed by atoms with Gasteiger partial charge in [0, 0.05) is 92.9 Å². The molecule has 2 aliphatic heterocycles. The number of aromatic amines is 1. The van der Waals surface area contributed by atoms with E-state index in [1.807, 2.05) is 31.2 Å². The zero-order valence-corrected chi connectivity index (χ0v) is 43.2. The van der Waals surface area contributed by atoms with Crippen LogP contribution in [0.25, 0.3) is 11.0 Å². The smallest absolute Gasteiger partial charge is 0.293 e. The molecule has 2 aliphatic carbocycles. The number of aliphatic hydroxyl groups is 1. The zero-order valence-electron chi connectivity index (χ0n) is 42.4. The highest BCUT2D eigenvalue weighted by Gasteiger charge is 2.50. The van der Waals surface area contributed by atoms with E-state index in [2.05, 4.69) is 90.9 Å². The van der Waals surface area contributed by atoms with Gasteiger partial charge in [0.15, 0.2) is 0 Å². The SMILES string of the molecule is C#Cc1ccc(CN2CCN(C3CC4(CCN(c5ccc(C(=O)NS(=O)(=O)c6ccc(NC[C@H]7CC[C@](C)(O)CC7)c([N+](=O)[O-])c6)c(Oc6cnc7[nH]ccc7c6)c5)CC4)C3)C(c3ccccc3C(C)C)C2)cc1. The van der Waals surface area contributed by atoms with E-state index >= 15 is 0 Å². The lowest BCUT2D eigenvalue weighted by Gasteiger charge is -2.58. The minimum absolute atomic E-state index is 0.0310. The summed E-state index contributed by atoms with van der Waals surface area (Å²) in [6, 6.07) is 30.5. The Kier molecular flexibility index (Phi) is 14.3. The Morgan fingerprint density at radius 2 is 1.73 bits per heavy atom. The van der Waals surface area contributed by atoms with Crippen LogP contribution in [0.1, 0.15) is 117 Å². The lowest BCUT2D eigenvalue weighted by molar-refractivity contribution is -0.384. The molecule has 10 rings (SSSR count). The third-order valence-electron chi connectivity index (χ3n) is 16.3. The van der Waals surface area contributed by atoms with Crippen molar-refractivity contribution in [2.75, 3.05) is 49.5 Å². The number of pyridine rings is 1. The maximum absolute atomic E-state index is 14.1. The molecule has 15 nitrogen and oxygen atoms in total. The van der Waals surface area contributed by atoms with Gasteiger partial charge in [-0.2, -0.15) is 0 Å². The number of anilines is 2. The Morgan fingerprint density at radius 1 is 0.973 bits per heavy atom. The van der Waals surface area contributed by atoms with Gasteiger partial charge in [-0.05, 0) is 141 Å². The van der Waals surface area contributed by atoms with E-state index in [1.54, 1.807) is 30.6 Å². The van der Waals surface area contributed by atoms with Crippen LogP contribution in [0.2, 0.25) is 0 Å². The van der Waals surface area contributed by atoms with Crippen molar-refractivity contribution in [1.29, 1.82) is 0 Å². The second-order valence-corrected chi connectivity index (χ2v) is 23.4. The van der Waals surface area contributed by atoms with Crippen LogP contribution in [0.3, 0.4) is 0 Å². The average molecular weight is 1020 g/mol. The first-order valence-corrected chi connectivity index (χ1v) is 27.5. The highest BCUT2D eigenvalue weighted by atomic mass is 32.2. The van der Waals surface area contributed by atoms with Gasteiger partial charge in [-0.15, -0.1) is 6.42 Å². The van der Waals surface area contributed by atoms with Gasteiger partial charge < -0.3 is 25.0 Å². The topological polar surface area (TPSA) is 186 Å². The lowest BCUT2D eigenvalue weighted by atomic mass is 9.59. The van der Waals surface area contributed by atoms with Gasteiger partial charge in [0.25, 0.3) is 21.6 Å². The molecular formula is C58H66N8O7S.